The molecule has 0 aliphatic carbocycles. The summed E-state index contributed by atoms with van der Waals surface area (Å²) < 4.78 is 3.79. The summed E-state index contributed by atoms with van der Waals surface area (Å²) in [6, 6.07) is 7.60. The van der Waals surface area contributed by atoms with E-state index in [4.69, 9.17) is 0 Å². The molecule has 0 saturated carbocycles. The van der Waals surface area contributed by atoms with Crippen molar-refractivity contribution < 1.29 is 9.59 Å². The van der Waals surface area contributed by atoms with Gasteiger partial charge in [0.25, 0.3) is 0 Å². The van der Waals surface area contributed by atoms with Gasteiger partial charge in [-0.05, 0) is 37.1 Å². The van der Waals surface area contributed by atoms with Crippen LogP contribution in [0.1, 0.15) is 37.1 Å². The van der Waals surface area contributed by atoms with Crippen molar-refractivity contribution in [2.45, 2.75) is 25.7 Å². The van der Waals surface area contributed by atoms with Crippen molar-refractivity contribution in [1.82, 2.24) is 20.0 Å². The van der Waals surface area contributed by atoms with Gasteiger partial charge in [-0.15, -0.1) is 0 Å². The normalized spacial score (nSPS) is 11.3. The lowest BCUT2D eigenvalue weighted by Crippen LogP contribution is -2.19. The van der Waals surface area contributed by atoms with E-state index in [0.717, 1.165) is 11.4 Å². The number of unbranched alkanes of at least 4 members (excludes halogenated alkanes) is 1. The summed E-state index contributed by atoms with van der Waals surface area (Å²) in [7, 11) is 3.80. The van der Waals surface area contributed by atoms with Gasteiger partial charge in [0, 0.05) is 39.3 Å². The molecule has 0 radical (unpaired) electrons. The van der Waals surface area contributed by atoms with Crippen molar-refractivity contribution in [2.75, 3.05) is 0 Å². The Hall–Kier alpha value is -3.16. The van der Waals surface area contributed by atoms with Crippen molar-refractivity contribution in [3.63, 3.8) is 0 Å². The molecule has 2 aromatic rings. The van der Waals surface area contributed by atoms with E-state index in [-0.39, 0.29) is 11.8 Å². The van der Waals surface area contributed by atoms with Crippen LogP contribution in [0.2, 0.25) is 0 Å². The Bertz CT molecular complexity index is 721. The Balaban J connectivity index is 1.56. The minimum absolute atomic E-state index is 0.169. The van der Waals surface area contributed by atoms with Crippen molar-refractivity contribution in [2.24, 2.45) is 24.3 Å². The van der Waals surface area contributed by atoms with E-state index in [9.17, 15) is 9.59 Å². The minimum atomic E-state index is -0.169. The summed E-state index contributed by atoms with van der Waals surface area (Å²) in [4.78, 5) is 23.4. The van der Waals surface area contributed by atoms with E-state index < -0.39 is 0 Å². The molecule has 0 fully saturated rings. The van der Waals surface area contributed by atoms with Crippen LogP contribution in [0.5, 0.6) is 0 Å². The Morgan fingerprint density at radius 1 is 0.885 bits per heavy atom. The molecule has 138 valence electrons. The zero-order valence-electron chi connectivity index (χ0n) is 15.1. The smallest absolute Gasteiger partial charge is 0.240 e. The molecule has 0 bridgehead atoms. The third kappa shape index (κ3) is 6.39. The zero-order valence-corrected chi connectivity index (χ0v) is 15.1. The monoisotopic (exact) mass is 356 g/mol. The number of nitrogens with zero attached hydrogens (tertiary/aromatic N) is 4. The third-order valence-electron chi connectivity index (χ3n) is 3.80. The number of aryl methyl sites for hydroxylation is 2. The summed E-state index contributed by atoms with van der Waals surface area (Å²) in [6.45, 7) is 0. The van der Waals surface area contributed by atoms with E-state index >= 15 is 0 Å². The minimum Gasteiger partial charge on any atom is -0.350 e. The predicted octanol–water partition coefficient (Wildman–Crippen LogP) is 1.52. The van der Waals surface area contributed by atoms with Gasteiger partial charge in [0.1, 0.15) is 0 Å². The second-order valence-corrected chi connectivity index (χ2v) is 5.88. The fraction of sp³-hybridized carbons (Fsp3) is 0.333. The third-order valence-corrected chi connectivity index (χ3v) is 3.80. The predicted molar refractivity (Wildman–Crippen MR) is 101 cm³/mol. The van der Waals surface area contributed by atoms with Gasteiger partial charge in [0.15, 0.2) is 0 Å². The van der Waals surface area contributed by atoms with Crippen LogP contribution in [0.25, 0.3) is 0 Å². The summed E-state index contributed by atoms with van der Waals surface area (Å²) in [5.74, 6) is -0.338. The Labute approximate surface area is 152 Å². The van der Waals surface area contributed by atoms with E-state index in [1.807, 2.05) is 59.9 Å². The van der Waals surface area contributed by atoms with Gasteiger partial charge in [-0.3, -0.25) is 9.59 Å². The molecule has 0 aliphatic heterocycles. The van der Waals surface area contributed by atoms with Crippen LogP contribution >= 0.6 is 0 Å². The number of hydrazone groups is 2. The topological polar surface area (TPSA) is 92.8 Å². The van der Waals surface area contributed by atoms with Gasteiger partial charge < -0.3 is 9.13 Å². The highest BCUT2D eigenvalue weighted by Crippen LogP contribution is 2.00. The lowest BCUT2D eigenvalue weighted by molar-refractivity contribution is -0.123. The molecule has 2 N–H and O–H groups in total. The van der Waals surface area contributed by atoms with Crippen LogP contribution < -0.4 is 10.9 Å². The van der Waals surface area contributed by atoms with Gasteiger partial charge in [0.05, 0.1) is 23.8 Å². The van der Waals surface area contributed by atoms with Crippen LogP contribution in [-0.4, -0.2) is 33.4 Å². The second kappa shape index (κ2) is 9.97. The van der Waals surface area contributed by atoms with Crippen LogP contribution in [0, 0.1) is 0 Å². The first-order valence-corrected chi connectivity index (χ1v) is 8.43. The van der Waals surface area contributed by atoms with Gasteiger partial charge in [-0.1, -0.05) is 0 Å². The maximum Gasteiger partial charge on any atom is 0.240 e. The first-order chi connectivity index (χ1) is 12.6. The summed E-state index contributed by atoms with van der Waals surface area (Å²) in [5.41, 5.74) is 6.77. The Morgan fingerprint density at radius 2 is 1.31 bits per heavy atom. The molecule has 2 rings (SSSR count). The highest BCUT2D eigenvalue weighted by Gasteiger charge is 2.03. The molecule has 0 spiro atoms. The molecular weight excluding hydrogens is 332 g/mol. The number of hydrogen-bond donors (Lipinski definition) is 2. The molecular formula is C18H24N6O2. The SMILES string of the molecule is Cn1cccc1/C=N\NC(=O)CCCCC(=O)N/N=C\c1cccn1C. The maximum atomic E-state index is 11.7. The second-order valence-electron chi connectivity index (χ2n) is 5.88. The van der Waals surface area contributed by atoms with Crippen molar-refractivity contribution in [3.05, 3.63) is 48.0 Å². The Kier molecular flexibility index (Phi) is 7.35. The van der Waals surface area contributed by atoms with Gasteiger partial charge in [0.2, 0.25) is 11.8 Å². The van der Waals surface area contributed by atoms with Gasteiger partial charge in [-0.25, -0.2) is 10.9 Å². The average Bonchev–Trinajstić information content (AvgIpc) is 3.20. The van der Waals surface area contributed by atoms with Crippen LogP contribution in [-0.2, 0) is 23.7 Å². The lowest BCUT2D eigenvalue weighted by atomic mass is 10.2. The quantitative estimate of drug-likeness (QED) is 0.405. The molecule has 2 amide bonds. The van der Waals surface area contributed by atoms with Crippen molar-refractivity contribution in [3.8, 4) is 0 Å². The average molecular weight is 356 g/mol. The molecule has 0 saturated heterocycles. The fourth-order valence-electron chi connectivity index (χ4n) is 2.24. The number of nitrogens with one attached hydrogen (secondary N) is 2. The van der Waals surface area contributed by atoms with Crippen molar-refractivity contribution >= 4 is 24.2 Å². The molecule has 2 aromatic heterocycles. The molecule has 0 atom stereocenters. The number of rotatable bonds is 9. The molecule has 0 aliphatic rings. The van der Waals surface area contributed by atoms with Crippen LogP contribution in [0.4, 0.5) is 0 Å². The number of carbonyl (C=O) groups is 2. The molecule has 2 heterocycles. The number of aromatic nitrogens is 2. The summed E-state index contributed by atoms with van der Waals surface area (Å²) in [6.07, 6.45) is 8.86. The van der Waals surface area contributed by atoms with E-state index in [2.05, 4.69) is 21.1 Å². The zero-order chi connectivity index (χ0) is 18.8. The summed E-state index contributed by atoms with van der Waals surface area (Å²) in [5, 5.41) is 7.83. The standard InChI is InChI=1S/C18H24N6O2/c1-23-11-5-7-15(23)13-19-21-17(25)9-3-4-10-18(26)22-20-14-16-8-6-12-24(16)2/h5-8,11-14H,3-4,9-10H2,1-2H3,(H,21,25)(H,22,26)/b19-13-,20-14-. The van der Waals surface area contributed by atoms with E-state index in [1.165, 1.54) is 0 Å². The molecule has 0 unspecified atom stereocenters. The Morgan fingerprint density at radius 3 is 1.65 bits per heavy atom. The van der Waals surface area contributed by atoms with Crippen LogP contribution in [0.3, 0.4) is 0 Å². The van der Waals surface area contributed by atoms with Crippen LogP contribution in [0.15, 0.2) is 46.9 Å². The summed E-state index contributed by atoms with van der Waals surface area (Å²) >= 11 is 0. The fourth-order valence-corrected chi connectivity index (χ4v) is 2.24. The molecule has 8 heteroatoms. The van der Waals surface area contributed by atoms with E-state index in [0.29, 0.717) is 25.7 Å². The first-order valence-electron chi connectivity index (χ1n) is 8.43. The highest BCUT2D eigenvalue weighted by molar-refractivity contribution is 5.82. The van der Waals surface area contributed by atoms with E-state index in [1.54, 1.807) is 12.4 Å². The maximum absolute atomic E-state index is 11.7. The highest BCUT2D eigenvalue weighted by atomic mass is 16.2. The van der Waals surface area contributed by atoms with Gasteiger partial charge >= 0.3 is 0 Å². The molecule has 0 aromatic carbocycles. The molecule has 26 heavy (non-hydrogen) atoms. The van der Waals surface area contributed by atoms with Crippen molar-refractivity contribution in [1.29, 1.82) is 0 Å². The number of hydrogen-bond acceptors (Lipinski definition) is 4. The number of carbonyl (C=O) groups excluding carboxylic acids is 2. The largest absolute Gasteiger partial charge is 0.350 e. The first kappa shape index (κ1) is 19.2. The number of amides is 2. The lowest BCUT2D eigenvalue weighted by Gasteiger charge is -2.01. The molecule has 8 nitrogen and oxygen atoms in total. The van der Waals surface area contributed by atoms with Gasteiger partial charge in [-0.2, -0.15) is 10.2 Å².